The number of anilines is 1. The van der Waals surface area contributed by atoms with Gasteiger partial charge in [0.15, 0.2) is 5.13 Å². The minimum atomic E-state index is -3.76. The first-order chi connectivity index (χ1) is 14.4. The van der Waals surface area contributed by atoms with Crippen LogP contribution in [0.1, 0.15) is 29.6 Å². The van der Waals surface area contributed by atoms with Crippen LogP contribution in [0.5, 0.6) is 0 Å². The molecule has 1 fully saturated rings. The Bertz CT molecular complexity index is 1170. The van der Waals surface area contributed by atoms with Crippen molar-refractivity contribution in [1.29, 1.82) is 0 Å². The molecule has 156 valence electrons. The van der Waals surface area contributed by atoms with E-state index in [-0.39, 0.29) is 16.3 Å². The van der Waals surface area contributed by atoms with E-state index in [2.05, 4.69) is 10.3 Å². The Morgan fingerprint density at radius 1 is 1.07 bits per heavy atom. The second-order valence-electron chi connectivity index (χ2n) is 6.96. The van der Waals surface area contributed by atoms with Gasteiger partial charge in [-0.2, -0.15) is 4.31 Å². The van der Waals surface area contributed by atoms with Gasteiger partial charge in [0, 0.05) is 24.0 Å². The van der Waals surface area contributed by atoms with Crippen LogP contribution < -0.4 is 5.32 Å². The summed E-state index contributed by atoms with van der Waals surface area (Å²) in [7, 11) is -3.76. The third-order valence-electron chi connectivity index (χ3n) is 4.91. The van der Waals surface area contributed by atoms with Gasteiger partial charge in [0.1, 0.15) is 5.82 Å². The molecule has 1 aliphatic rings. The van der Waals surface area contributed by atoms with E-state index < -0.39 is 15.9 Å². The number of hydrogen-bond acceptors (Lipinski definition) is 5. The number of thiazole rings is 1. The number of amides is 1. The normalized spacial score (nSPS) is 15.1. The highest BCUT2D eigenvalue weighted by atomic mass is 32.2. The number of benzene rings is 2. The minimum absolute atomic E-state index is 0.00805. The van der Waals surface area contributed by atoms with E-state index in [0.717, 1.165) is 19.3 Å². The first-order valence-electron chi connectivity index (χ1n) is 9.57. The number of carbonyl (C=O) groups is 1. The van der Waals surface area contributed by atoms with Gasteiger partial charge in [-0.25, -0.2) is 17.8 Å². The van der Waals surface area contributed by atoms with E-state index in [0.29, 0.717) is 29.5 Å². The Balaban J connectivity index is 1.58. The molecule has 0 atom stereocenters. The molecule has 3 aromatic rings. The van der Waals surface area contributed by atoms with Crippen molar-refractivity contribution in [2.24, 2.45) is 0 Å². The van der Waals surface area contributed by atoms with Crippen molar-refractivity contribution < 1.29 is 17.6 Å². The average molecular weight is 446 g/mol. The fourth-order valence-corrected chi connectivity index (χ4v) is 5.82. The van der Waals surface area contributed by atoms with Crippen LogP contribution in [0, 0.1) is 5.82 Å². The van der Waals surface area contributed by atoms with E-state index in [9.17, 15) is 17.6 Å². The SMILES string of the molecule is O=C(Nc1nc(-c2cccc(F)c2)cs1)c1ccccc1S(=O)(=O)N1CCCCC1. The van der Waals surface area contributed by atoms with Crippen molar-refractivity contribution >= 4 is 32.4 Å². The van der Waals surface area contributed by atoms with Gasteiger partial charge < -0.3 is 0 Å². The third-order valence-corrected chi connectivity index (χ3v) is 7.62. The van der Waals surface area contributed by atoms with Crippen LogP contribution in [0.4, 0.5) is 9.52 Å². The lowest BCUT2D eigenvalue weighted by Gasteiger charge is -2.26. The molecule has 4 rings (SSSR count). The van der Waals surface area contributed by atoms with E-state index in [4.69, 9.17) is 0 Å². The first-order valence-corrected chi connectivity index (χ1v) is 11.9. The molecule has 0 spiro atoms. The van der Waals surface area contributed by atoms with E-state index in [1.165, 1.54) is 39.9 Å². The monoisotopic (exact) mass is 445 g/mol. The Kier molecular flexibility index (Phi) is 5.94. The Morgan fingerprint density at radius 2 is 1.83 bits per heavy atom. The second-order valence-corrected chi connectivity index (χ2v) is 9.73. The van der Waals surface area contributed by atoms with Gasteiger partial charge in [-0.05, 0) is 37.1 Å². The molecule has 1 amide bonds. The molecule has 1 N–H and O–H groups in total. The maximum absolute atomic E-state index is 13.4. The lowest BCUT2D eigenvalue weighted by atomic mass is 10.2. The number of sulfonamides is 1. The lowest BCUT2D eigenvalue weighted by Crippen LogP contribution is -2.36. The lowest BCUT2D eigenvalue weighted by molar-refractivity contribution is 0.102. The van der Waals surface area contributed by atoms with Crippen LogP contribution in [0.2, 0.25) is 0 Å². The van der Waals surface area contributed by atoms with Gasteiger partial charge in [-0.1, -0.05) is 30.7 Å². The fourth-order valence-electron chi connectivity index (χ4n) is 3.40. The molecule has 0 saturated carbocycles. The van der Waals surface area contributed by atoms with Crippen molar-refractivity contribution in [1.82, 2.24) is 9.29 Å². The van der Waals surface area contributed by atoms with Crippen LogP contribution >= 0.6 is 11.3 Å². The molecule has 0 aliphatic carbocycles. The van der Waals surface area contributed by atoms with Crippen LogP contribution in [0.3, 0.4) is 0 Å². The van der Waals surface area contributed by atoms with Gasteiger partial charge in [0.05, 0.1) is 16.2 Å². The fraction of sp³-hybridized carbons (Fsp3) is 0.238. The number of rotatable bonds is 5. The summed E-state index contributed by atoms with van der Waals surface area (Å²) in [6, 6.07) is 12.2. The largest absolute Gasteiger partial charge is 0.298 e. The number of piperidine rings is 1. The molecule has 0 radical (unpaired) electrons. The average Bonchev–Trinajstić information content (AvgIpc) is 3.23. The molecule has 9 heteroatoms. The predicted octanol–water partition coefficient (Wildman–Crippen LogP) is 4.38. The number of hydrogen-bond donors (Lipinski definition) is 1. The van der Waals surface area contributed by atoms with Gasteiger partial charge in [0.25, 0.3) is 5.91 Å². The zero-order valence-corrected chi connectivity index (χ0v) is 17.7. The van der Waals surface area contributed by atoms with Gasteiger partial charge in [-0.15, -0.1) is 11.3 Å². The van der Waals surface area contributed by atoms with Crippen molar-refractivity contribution in [3.05, 3.63) is 65.3 Å². The molecule has 0 bridgehead atoms. The second kappa shape index (κ2) is 8.63. The van der Waals surface area contributed by atoms with Crippen molar-refractivity contribution in [2.45, 2.75) is 24.2 Å². The van der Waals surface area contributed by atoms with E-state index in [1.54, 1.807) is 29.6 Å². The summed E-state index contributed by atoms with van der Waals surface area (Å²) in [5, 5.41) is 4.69. The number of halogens is 1. The smallest absolute Gasteiger partial charge is 0.258 e. The maximum Gasteiger partial charge on any atom is 0.258 e. The predicted molar refractivity (Wildman–Crippen MR) is 115 cm³/mol. The molecule has 2 heterocycles. The van der Waals surface area contributed by atoms with E-state index in [1.807, 2.05) is 0 Å². The summed E-state index contributed by atoms with van der Waals surface area (Å²) in [4.78, 5) is 17.2. The zero-order chi connectivity index (χ0) is 21.1. The maximum atomic E-state index is 13.4. The zero-order valence-electron chi connectivity index (χ0n) is 16.0. The first kappa shape index (κ1) is 20.6. The molecule has 1 saturated heterocycles. The molecule has 2 aromatic carbocycles. The third kappa shape index (κ3) is 4.28. The summed E-state index contributed by atoms with van der Waals surface area (Å²) in [6.07, 6.45) is 2.64. The van der Waals surface area contributed by atoms with Gasteiger partial charge in [-0.3, -0.25) is 10.1 Å². The standard InChI is InChI=1S/C21H20FN3O3S2/c22-16-8-6-7-15(13-16)18-14-29-21(23-18)24-20(26)17-9-2-3-10-19(17)30(27,28)25-11-4-1-5-12-25/h2-3,6-10,13-14H,1,4-5,11-12H2,(H,23,24,26). The summed E-state index contributed by atoms with van der Waals surface area (Å²) < 4.78 is 41.1. The van der Waals surface area contributed by atoms with Crippen LogP contribution in [-0.4, -0.2) is 36.7 Å². The molecule has 30 heavy (non-hydrogen) atoms. The summed E-state index contributed by atoms with van der Waals surface area (Å²) in [5.74, 6) is -0.922. The summed E-state index contributed by atoms with van der Waals surface area (Å²) >= 11 is 1.19. The molecular weight excluding hydrogens is 425 g/mol. The number of aromatic nitrogens is 1. The Hall–Kier alpha value is -2.62. The van der Waals surface area contributed by atoms with Crippen molar-refractivity contribution in [3.63, 3.8) is 0 Å². The highest BCUT2D eigenvalue weighted by molar-refractivity contribution is 7.89. The molecule has 1 aliphatic heterocycles. The van der Waals surface area contributed by atoms with Gasteiger partial charge >= 0.3 is 0 Å². The molecular formula is C21H20FN3O3S2. The summed E-state index contributed by atoms with van der Waals surface area (Å²) in [5.41, 5.74) is 1.20. The Morgan fingerprint density at radius 3 is 2.60 bits per heavy atom. The number of carbonyl (C=O) groups excluding carboxylic acids is 1. The molecule has 6 nitrogen and oxygen atoms in total. The number of nitrogens with one attached hydrogen (secondary N) is 1. The van der Waals surface area contributed by atoms with Crippen LogP contribution in [0.15, 0.2) is 58.8 Å². The summed E-state index contributed by atoms with van der Waals surface area (Å²) in [6.45, 7) is 0.920. The van der Waals surface area contributed by atoms with Crippen molar-refractivity contribution in [3.8, 4) is 11.3 Å². The Labute approximate surface area is 178 Å². The topological polar surface area (TPSA) is 79.4 Å². The van der Waals surface area contributed by atoms with Crippen LogP contribution in [0.25, 0.3) is 11.3 Å². The number of nitrogens with zero attached hydrogens (tertiary/aromatic N) is 2. The highest BCUT2D eigenvalue weighted by Gasteiger charge is 2.30. The minimum Gasteiger partial charge on any atom is -0.298 e. The quantitative estimate of drug-likeness (QED) is 0.632. The molecule has 1 aromatic heterocycles. The highest BCUT2D eigenvalue weighted by Crippen LogP contribution is 2.27. The molecule has 0 unspecified atom stereocenters. The van der Waals surface area contributed by atoms with E-state index >= 15 is 0 Å². The van der Waals surface area contributed by atoms with Crippen molar-refractivity contribution in [2.75, 3.05) is 18.4 Å². The van der Waals surface area contributed by atoms with Gasteiger partial charge in [0.2, 0.25) is 10.0 Å². The van der Waals surface area contributed by atoms with Crippen LogP contribution in [-0.2, 0) is 10.0 Å².